The van der Waals surface area contributed by atoms with Crippen LogP contribution in [0, 0.1) is 24.4 Å². The number of ether oxygens (including phenoxy) is 3. The third-order valence-corrected chi connectivity index (χ3v) is 12.7. The molecule has 1 aliphatic rings. The van der Waals surface area contributed by atoms with Crippen molar-refractivity contribution in [3.8, 4) is 6.01 Å². The molecule has 72 heavy (non-hydrogen) atoms. The lowest BCUT2D eigenvalue weighted by molar-refractivity contribution is -0.148. The van der Waals surface area contributed by atoms with E-state index in [1.807, 2.05) is 0 Å². The van der Waals surface area contributed by atoms with Gasteiger partial charge in [-0.25, -0.2) is 41.2 Å². The van der Waals surface area contributed by atoms with Crippen molar-refractivity contribution < 1.29 is 71.8 Å². The number of para-hydroxylation sites is 1. The molecule has 30 heteroatoms. The van der Waals surface area contributed by atoms with Crippen LogP contribution in [-0.2, 0) is 52.1 Å². The SMILES string of the molecule is CCOC(=O)C1=NN(c2ccc(Cl)cc2Cl)C(C)(C(=O)OCC)C1.COc1ncc(F)c2nc(S(=O)(=O)Nc3c(F)cccc3F)nn12.Cc1[nH]n(C)c(=O)c1C(=O)c1ccc(C(F)(F)F)cc1S(C)(=O)=O. The number of methoxy groups -OCH3 is 1. The summed E-state index contributed by atoms with van der Waals surface area (Å²) in [5.74, 6) is -5.24. The molecule has 0 aliphatic carbocycles. The molecule has 0 spiro atoms. The highest BCUT2D eigenvalue weighted by Crippen LogP contribution is 2.39. The summed E-state index contributed by atoms with van der Waals surface area (Å²) < 4.78 is 146. The van der Waals surface area contributed by atoms with E-state index in [0.29, 0.717) is 38.6 Å². The van der Waals surface area contributed by atoms with E-state index in [2.05, 4.69) is 25.3 Å². The molecule has 386 valence electrons. The number of anilines is 2. The molecule has 1 aliphatic heterocycles. The Morgan fingerprint density at radius 3 is 2.12 bits per heavy atom. The summed E-state index contributed by atoms with van der Waals surface area (Å²) >= 11 is 12.2. The van der Waals surface area contributed by atoms with Gasteiger partial charge in [-0.2, -0.15) is 36.2 Å². The maximum Gasteiger partial charge on any atom is 0.416 e. The summed E-state index contributed by atoms with van der Waals surface area (Å²) in [6.45, 7) is 6.92. The Morgan fingerprint density at radius 2 is 1.58 bits per heavy atom. The van der Waals surface area contributed by atoms with Gasteiger partial charge in [0.25, 0.3) is 20.7 Å². The van der Waals surface area contributed by atoms with Crippen molar-refractivity contribution >= 4 is 83.5 Å². The summed E-state index contributed by atoms with van der Waals surface area (Å²) in [5, 5.41) is 11.7. The number of hydrogen-bond donors (Lipinski definition) is 2. The number of aromatic nitrogens is 6. The van der Waals surface area contributed by atoms with E-state index in [1.54, 1.807) is 43.7 Å². The average molecular weight is 1090 g/mol. The van der Waals surface area contributed by atoms with Crippen LogP contribution in [0.1, 0.15) is 54.4 Å². The highest BCUT2D eigenvalue weighted by Gasteiger charge is 2.49. The van der Waals surface area contributed by atoms with Crippen LogP contribution in [0.3, 0.4) is 0 Å². The second-order valence-corrected chi connectivity index (χ2v) is 19.5. The number of nitrogens with one attached hydrogen (secondary N) is 2. The molecule has 6 aromatic rings. The Kier molecular flexibility index (Phi) is 16.9. The van der Waals surface area contributed by atoms with E-state index in [4.69, 9.17) is 37.4 Å². The minimum atomic E-state index is -4.76. The topological polar surface area (TPSA) is 256 Å². The van der Waals surface area contributed by atoms with Gasteiger partial charge in [0, 0.05) is 36.0 Å². The zero-order valence-corrected chi connectivity index (χ0v) is 41.5. The van der Waals surface area contributed by atoms with Gasteiger partial charge >= 0.3 is 24.1 Å². The van der Waals surface area contributed by atoms with Crippen LogP contribution in [0.25, 0.3) is 5.65 Å². The number of H-pyrrole nitrogens is 1. The van der Waals surface area contributed by atoms with Crippen molar-refractivity contribution in [2.45, 2.75) is 55.9 Å². The molecular formula is C42H39Cl2F6N9O11S2. The Morgan fingerprint density at radius 1 is 0.944 bits per heavy atom. The van der Waals surface area contributed by atoms with Crippen LogP contribution in [0.4, 0.5) is 37.7 Å². The van der Waals surface area contributed by atoms with Crippen molar-refractivity contribution in [2.75, 3.05) is 36.3 Å². The summed E-state index contributed by atoms with van der Waals surface area (Å²) in [7, 11) is -6.14. The van der Waals surface area contributed by atoms with E-state index in [-0.39, 0.29) is 42.6 Å². The minimum Gasteiger partial charge on any atom is -0.467 e. The molecule has 20 nitrogen and oxygen atoms in total. The molecule has 1 unspecified atom stereocenters. The molecule has 3 aromatic carbocycles. The van der Waals surface area contributed by atoms with Crippen LogP contribution in [0.15, 0.2) is 80.7 Å². The number of rotatable bonds is 12. The highest BCUT2D eigenvalue weighted by atomic mass is 35.5. The number of carbonyl (C=O) groups excluding carboxylic acids is 3. The fourth-order valence-electron chi connectivity index (χ4n) is 6.53. The number of alkyl halides is 3. The molecule has 0 fully saturated rings. The van der Waals surface area contributed by atoms with Crippen molar-refractivity contribution in [1.29, 1.82) is 0 Å². The Balaban J connectivity index is 0.000000201. The van der Waals surface area contributed by atoms with Gasteiger partial charge in [-0.15, -0.1) is 5.10 Å². The first kappa shape index (κ1) is 55.9. The number of fused-ring (bicyclic) bond motifs is 1. The second-order valence-electron chi connectivity index (χ2n) is 15.1. The van der Waals surface area contributed by atoms with Crippen LogP contribution in [-0.4, -0.2) is 102 Å². The lowest BCUT2D eigenvalue weighted by atomic mass is 9.95. The molecule has 0 amide bonds. The summed E-state index contributed by atoms with van der Waals surface area (Å²) in [4.78, 5) is 55.4. The average Bonchev–Trinajstić information content (AvgIpc) is 3.99. The largest absolute Gasteiger partial charge is 0.467 e. The first-order valence-electron chi connectivity index (χ1n) is 20.3. The smallest absolute Gasteiger partial charge is 0.416 e. The first-order chi connectivity index (χ1) is 33.5. The quantitative estimate of drug-likeness (QED) is 0.0756. The molecule has 3 aromatic heterocycles. The predicted octanol–water partition coefficient (Wildman–Crippen LogP) is 6.47. The molecule has 0 saturated carbocycles. The number of hydrazone groups is 1. The number of benzene rings is 3. The van der Waals surface area contributed by atoms with Crippen molar-refractivity contribution in [2.24, 2.45) is 12.1 Å². The van der Waals surface area contributed by atoms with E-state index in [0.717, 1.165) is 35.1 Å². The van der Waals surface area contributed by atoms with E-state index in [1.165, 1.54) is 26.1 Å². The standard InChI is InChI=1S/C16H18Cl2N2O4.C14H13F3N2O4S.C12H8F3N5O3S/c1-4-23-14(21)12-9-16(3,15(22)24-5-2)20(19-12)13-7-6-10(17)8-11(13)18;1-7-11(13(21)19(2)18-7)12(20)9-5-4-8(14(15,16)17)6-10(9)24(3,22)23;1-23-12-16-5-8(15)10-17-11(18-20(10)12)24(21,22)19-9-6(13)3-2-4-7(9)14/h6-8H,4-5,9H2,1-3H3;4-6,18H,1-3H3;2-5,19H,1H3. The van der Waals surface area contributed by atoms with E-state index in [9.17, 15) is 62.4 Å². The third-order valence-electron chi connectivity index (χ3n) is 9.87. The number of aromatic amines is 1. The minimum absolute atomic E-state index is 0.0591. The lowest BCUT2D eigenvalue weighted by Crippen LogP contribution is -2.48. The summed E-state index contributed by atoms with van der Waals surface area (Å²) in [6, 6.07) is 9.16. The monoisotopic (exact) mass is 1090 g/mol. The van der Waals surface area contributed by atoms with Gasteiger partial charge < -0.3 is 14.2 Å². The van der Waals surface area contributed by atoms with Gasteiger partial charge in [0.1, 0.15) is 28.6 Å². The molecule has 7 rings (SSSR count). The lowest BCUT2D eigenvalue weighted by Gasteiger charge is -2.32. The maximum atomic E-state index is 13.7. The highest BCUT2D eigenvalue weighted by molar-refractivity contribution is 7.92. The third kappa shape index (κ3) is 12.0. The molecule has 0 saturated heterocycles. The molecule has 4 heterocycles. The van der Waals surface area contributed by atoms with Crippen LogP contribution in [0.2, 0.25) is 10.0 Å². The number of sulfone groups is 1. The van der Waals surface area contributed by atoms with Gasteiger partial charge in [-0.05, 0) is 76.2 Å². The van der Waals surface area contributed by atoms with E-state index >= 15 is 0 Å². The van der Waals surface area contributed by atoms with Crippen LogP contribution in [0.5, 0.6) is 6.01 Å². The number of halogens is 8. The number of esters is 2. The summed E-state index contributed by atoms with van der Waals surface area (Å²) in [5.41, 5.74) is -4.49. The Bertz CT molecular complexity index is 3400. The first-order valence-corrected chi connectivity index (χ1v) is 24.4. The van der Waals surface area contributed by atoms with E-state index < -0.39 is 105 Å². The maximum absolute atomic E-state index is 13.7. The number of sulfonamides is 1. The number of nitrogens with zero attached hydrogens (tertiary/aromatic N) is 7. The second kappa shape index (κ2) is 21.8. The molecular weight excluding hydrogens is 1060 g/mol. The fraction of sp³-hybridized carbons (Fsp3) is 0.286. The Labute approximate surface area is 414 Å². The predicted molar refractivity (Wildman–Crippen MR) is 246 cm³/mol. The number of ketones is 1. The van der Waals surface area contributed by atoms with Crippen molar-refractivity contribution in [3.05, 3.63) is 121 Å². The van der Waals surface area contributed by atoms with Gasteiger partial charge in [0.05, 0.1) is 47.7 Å². The van der Waals surface area contributed by atoms with Gasteiger partial charge in [-0.3, -0.25) is 24.1 Å². The van der Waals surface area contributed by atoms with Crippen molar-refractivity contribution in [3.63, 3.8) is 0 Å². The van der Waals surface area contributed by atoms with Crippen molar-refractivity contribution in [1.82, 2.24) is 29.4 Å². The van der Waals surface area contributed by atoms with Crippen LogP contribution < -0.4 is 20.0 Å². The van der Waals surface area contributed by atoms with Gasteiger partial charge in [-0.1, -0.05) is 29.3 Å². The number of carbonyl (C=O) groups is 3. The van der Waals surface area contributed by atoms with Crippen LogP contribution >= 0.6 is 23.2 Å². The Hall–Kier alpha value is -7.04. The molecule has 1 atom stereocenters. The number of hydrogen-bond acceptors (Lipinski definition) is 16. The molecule has 0 bridgehead atoms. The van der Waals surface area contributed by atoms with Gasteiger partial charge in [0.2, 0.25) is 5.78 Å². The molecule has 2 N–H and O–H groups in total. The molecule has 0 radical (unpaired) electrons. The zero-order chi connectivity index (χ0) is 53.8. The number of aryl methyl sites for hydroxylation is 2. The summed E-state index contributed by atoms with van der Waals surface area (Å²) in [6.07, 6.45) is -3.24. The zero-order valence-electron chi connectivity index (χ0n) is 38.4. The van der Waals surface area contributed by atoms with Gasteiger partial charge in [0.15, 0.2) is 26.8 Å². The fourth-order valence-corrected chi connectivity index (χ4v) is 8.87. The normalized spacial score (nSPS) is 14.7.